The number of hydrogen-bond acceptors (Lipinski definition) is 4. The van der Waals surface area contributed by atoms with Crippen LogP contribution in [0.2, 0.25) is 0 Å². The molecular weight excluding hydrogens is 543 g/mol. The van der Waals surface area contributed by atoms with Crippen molar-refractivity contribution in [1.82, 2.24) is 15.0 Å². The van der Waals surface area contributed by atoms with Gasteiger partial charge in [0.15, 0.2) is 5.82 Å². The lowest BCUT2D eigenvalue weighted by Gasteiger charge is -2.13. The first-order valence-electron chi connectivity index (χ1n) is 14.4. The SMILES string of the molecule is c1ccc(-c2cccc(-c3nc(-c4nc5ccc6c7ccccc7sc6c5c5ccccc45)nc4ccccc34)c2)cc1. The molecule has 0 unspecified atom stereocenters. The van der Waals surface area contributed by atoms with Gasteiger partial charge < -0.3 is 0 Å². The van der Waals surface area contributed by atoms with Crippen LogP contribution in [-0.4, -0.2) is 15.0 Å². The Kier molecular flexibility index (Phi) is 5.37. The number of thiophene rings is 1. The molecule has 3 nitrogen and oxygen atoms in total. The van der Waals surface area contributed by atoms with Crippen molar-refractivity contribution in [3.63, 3.8) is 0 Å². The van der Waals surface area contributed by atoms with Crippen LogP contribution in [0.25, 0.3) is 86.7 Å². The number of aromatic nitrogens is 3. The molecule has 200 valence electrons. The number of benzene rings is 6. The Bertz CT molecular complexity index is 2510. The fraction of sp³-hybridized carbons (Fsp3) is 0. The van der Waals surface area contributed by atoms with E-state index < -0.39 is 0 Å². The summed E-state index contributed by atoms with van der Waals surface area (Å²) in [6.07, 6.45) is 0. The van der Waals surface area contributed by atoms with Crippen LogP contribution in [0.5, 0.6) is 0 Å². The van der Waals surface area contributed by atoms with Crippen LogP contribution in [0, 0.1) is 0 Å². The number of hydrogen-bond donors (Lipinski definition) is 0. The van der Waals surface area contributed by atoms with Gasteiger partial charge in [0.05, 0.1) is 16.7 Å². The number of rotatable bonds is 3. The lowest BCUT2D eigenvalue weighted by molar-refractivity contribution is 1.20. The van der Waals surface area contributed by atoms with E-state index in [4.69, 9.17) is 15.0 Å². The number of nitrogens with zero attached hydrogens (tertiary/aromatic N) is 3. The molecule has 9 rings (SSSR count). The van der Waals surface area contributed by atoms with E-state index in [2.05, 4.69) is 127 Å². The minimum absolute atomic E-state index is 0.633. The van der Waals surface area contributed by atoms with Crippen LogP contribution in [0.3, 0.4) is 0 Å². The zero-order chi connectivity index (χ0) is 28.3. The summed E-state index contributed by atoms with van der Waals surface area (Å²) in [6.45, 7) is 0. The Morgan fingerprint density at radius 3 is 1.98 bits per heavy atom. The van der Waals surface area contributed by atoms with E-state index in [1.54, 1.807) is 0 Å². The highest BCUT2D eigenvalue weighted by atomic mass is 32.1. The van der Waals surface area contributed by atoms with Crippen molar-refractivity contribution in [2.24, 2.45) is 0 Å². The van der Waals surface area contributed by atoms with Gasteiger partial charge in [0.2, 0.25) is 0 Å². The van der Waals surface area contributed by atoms with E-state index >= 15 is 0 Å². The van der Waals surface area contributed by atoms with Crippen molar-refractivity contribution in [2.45, 2.75) is 0 Å². The molecule has 4 heteroatoms. The van der Waals surface area contributed by atoms with Gasteiger partial charge in [0.1, 0.15) is 5.69 Å². The second-order valence-corrected chi connectivity index (χ2v) is 11.9. The standard InChI is InChI=1S/C39H23N3S/c1-2-11-24(12-3-1)25-13-10-14-26(23-25)36-31-18-6-8-19-32(31)41-39(42-36)37-29-17-5-4-16-28(29)35-33(40-37)22-21-30-27-15-7-9-20-34(27)43-38(30)35/h1-23H. The van der Waals surface area contributed by atoms with Gasteiger partial charge in [0.25, 0.3) is 0 Å². The molecule has 0 atom stereocenters. The molecule has 0 spiro atoms. The lowest BCUT2D eigenvalue weighted by atomic mass is 9.99. The summed E-state index contributed by atoms with van der Waals surface area (Å²) in [5.41, 5.74) is 6.95. The maximum atomic E-state index is 5.28. The monoisotopic (exact) mass is 565 g/mol. The molecule has 0 aliphatic carbocycles. The van der Waals surface area contributed by atoms with Crippen molar-refractivity contribution < 1.29 is 0 Å². The van der Waals surface area contributed by atoms with Crippen LogP contribution >= 0.6 is 11.3 Å². The van der Waals surface area contributed by atoms with E-state index in [9.17, 15) is 0 Å². The Balaban J connectivity index is 1.32. The van der Waals surface area contributed by atoms with Gasteiger partial charge in [-0.25, -0.2) is 15.0 Å². The molecule has 0 aliphatic heterocycles. The van der Waals surface area contributed by atoms with Gasteiger partial charge in [-0.1, -0.05) is 115 Å². The van der Waals surface area contributed by atoms with Crippen molar-refractivity contribution in [2.75, 3.05) is 0 Å². The lowest BCUT2D eigenvalue weighted by Crippen LogP contribution is -1.98. The first-order valence-corrected chi connectivity index (χ1v) is 15.2. The third kappa shape index (κ3) is 3.84. The first-order chi connectivity index (χ1) is 21.3. The highest BCUT2D eigenvalue weighted by Crippen LogP contribution is 2.42. The smallest absolute Gasteiger partial charge is 0.179 e. The van der Waals surface area contributed by atoms with E-state index in [-0.39, 0.29) is 0 Å². The molecule has 0 radical (unpaired) electrons. The summed E-state index contributed by atoms with van der Waals surface area (Å²) in [5.74, 6) is 0.633. The fourth-order valence-corrected chi connectivity index (χ4v) is 7.53. The van der Waals surface area contributed by atoms with Gasteiger partial charge in [-0.15, -0.1) is 11.3 Å². The highest BCUT2D eigenvalue weighted by Gasteiger charge is 2.19. The Labute approximate surface area is 251 Å². The average molecular weight is 566 g/mol. The maximum absolute atomic E-state index is 5.28. The number of fused-ring (bicyclic) bond motifs is 8. The van der Waals surface area contributed by atoms with Crippen molar-refractivity contribution in [3.8, 4) is 33.9 Å². The van der Waals surface area contributed by atoms with Crippen molar-refractivity contribution in [3.05, 3.63) is 140 Å². The van der Waals surface area contributed by atoms with Crippen LogP contribution in [0.1, 0.15) is 0 Å². The molecule has 0 saturated heterocycles. The highest BCUT2D eigenvalue weighted by molar-refractivity contribution is 7.26. The largest absolute Gasteiger partial charge is 0.244 e. The van der Waals surface area contributed by atoms with Gasteiger partial charge in [0, 0.05) is 41.9 Å². The van der Waals surface area contributed by atoms with Crippen molar-refractivity contribution in [1.29, 1.82) is 0 Å². The molecule has 0 bridgehead atoms. The summed E-state index contributed by atoms with van der Waals surface area (Å²) in [5, 5.41) is 7.00. The number of pyridine rings is 1. The quantitative estimate of drug-likeness (QED) is 0.200. The van der Waals surface area contributed by atoms with Crippen molar-refractivity contribution >= 4 is 64.1 Å². The molecule has 0 fully saturated rings. The average Bonchev–Trinajstić information content (AvgIpc) is 3.46. The van der Waals surface area contributed by atoms with Crippen LogP contribution in [0.4, 0.5) is 0 Å². The maximum Gasteiger partial charge on any atom is 0.179 e. The zero-order valence-corrected chi connectivity index (χ0v) is 23.8. The van der Waals surface area contributed by atoms with E-state index in [0.717, 1.165) is 44.3 Å². The van der Waals surface area contributed by atoms with Crippen LogP contribution in [0.15, 0.2) is 140 Å². The minimum atomic E-state index is 0.633. The Hall–Kier alpha value is -5.45. The van der Waals surface area contributed by atoms with E-state index in [1.807, 2.05) is 23.5 Å². The molecule has 9 aromatic rings. The summed E-state index contributed by atoms with van der Waals surface area (Å²) in [6, 6.07) is 48.9. The third-order valence-electron chi connectivity index (χ3n) is 8.27. The van der Waals surface area contributed by atoms with Gasteiger partial charge in [-0.3, -0.25) is 0 Å². The second kappa shape index (κ2) is 9.55. The summed E-state index contributed by atoms with van der Waals surface area (Å²) >= 11 is 1.84. The Morgan fingerprint density at radius 1 is 0.395 bits per heavy atom. The van der Waals surface area contributed by atoms with E-state index in [1.165, 1.54) is 36.5 Å². The normalized spacial score (nSPS) is 11.7. The number of para-hydroxylation sites is 1. The van der Waals surface area contributed by atoms with Gasteiger partial charge >= 0.3 is 0 Å². The Morgan fingerprint density at radius 2 is 1.09 bits per heavy atom. The predicted molar refractivity (Wildman–Crippen MR) is 182 cm³/mol. The third-order valence-corrected chi connectivity index (χ3v) is 9.47. The fourth-order valence-electron chi connectivity index (χ4n) is 6.27. The topological polar surface area (TPSA) is 38.7 Å². The molecule has 0 N–H and O–H groups in total. The molecule has 3 aromatic heterocycles. The van der Waals surface area contributed by atoms with Gasteiger partial charge in [-0.05, 0) is 40.8 Å². The summed E-state index contributed by atoms with van der Waals surface area (Å²) in [4.78, 5) is 15.6. The molecule has 3 heterocycles. The molecule has 0 saturated carbocycles. The predicted octanol–water partition coefficient (Wildman–Crippen LogP) is 10.7. The second-order valence-electron chi connectivity index (χ2n) is 10.8. The molecule has 0 amide bonds. The zero-order valence-electron chi connectivity index (χ0n) is 23.0. The first kappa shape index (κ1) is 24.2. The van der Waals surface area contributed by atoms with Gasteiger partial charge in [-0.2, -0.15) is 0 Å². The molecule has 6 aromatic carbocycles. The molecular formula is C39H23N3S. The summed E-state index contributed by atoms with van der Waals surface area (Å²) in [7, 11) is 0. The minimum Gasteiger partial charge on any atom is -0.244 e. The van der Waals surface area contributed by atoms with Crippen LogP contribution < -0.4 is 0 Å². The molecule has 43 heavy (non-hydrogen) atoms. The van der Waals surface area contributed by atoms with Crippen LogP contribution in [-0.2, 0) is 0 Å². The van der Waals surface area contributed by atoms with E-state index in [0.29, 0.717) is 5.82 Å². The summed E-state index contributed by atoms with van der Waals surface area (Å²) < 4.78 is 2.56. The molecule has 0 aliphatic rings.